The Balaban J connectivity index is 1.38. The fourth-order valence-corrected chi connectivity index (χ4v) is 3.48. The first kappa shape index (κ1) is 15.1. The normalized spacial score (nSPS) is 25.5. The third-order valence-corrected chi connectivity index (χ3v) is 4.80. The maximum atomic E-state index is 12.5. The number of hydrogen-bond acceptors (Lipinski definition) is 6. The average Bonchev–Trinajstić information content (AvgIpc) is 3.01. The number of benzene rings is 1. The van der Waals surface area contributed by atoms with Crippen LogP contribution in [0.1, 0.15) is 29.1 Å². The summed E-state index contributed by atoms with van der Waals surface area (Å²) < 4.78 is 10.6. The predicted octanol–water partition coefficient (Wildman–Crippen LogP) is 1.99. The van der Waals surface area contributed by atoms with Crippen LogP contribution in [0.2, 0.25) is 0 Å². The van der Waals surface area contributed by atoms with E-state index in [0.717, 1.165) is 19.6 Å². The standard InChI is InChI=1S/C17H20N4O3/c1-11-19-20-17(23-11)24-14-4-2-13(3-5-14)16(22)18-15-10-21-8-6-12(15)7-9-21/h2-5,12,15H,6-10H2,1H3,(H,18,22). The minimum Gasteiger partial charge on any atom is -0.410 e. The number of nitrogens with zero attached hydrogens (tertiary/aromatic N) is 3. The summed E-state index contributed by atoms with van der Waals surface area (Å²) in [6, 6.07) is 7.21. The number of rotatable bonds is 4. The molecule has 3 saturated heterocycles. The molecule has 126 valence electrons. The Labute approximate surface area is 140 Å². The maximum Gasteiger partial charge on any atom is 0.420 e. The van der Waals surface area contributed by atoms with Crippen LogP contribution < -0.4 is 10.1 Å². The summed E-state index contributed by atoms with van der Waals surface area (Å²) in [5, 5.41) is 10.7. The lowest BCUT2D eigenvalue weighted by Gasteiger charge is -2.44. The van der Waals surface area contributed by atoms with Crippen molar-refractivity contribution in [2.75, 3.05) is 19.6 Å². The molecule has 1 amide bonds. The van der Waals surface area contributed by atoms with E-state index in [-0.39, 0.29) is 18.0 Å². The molecule has 7 heteroatoms. The van der Waals surface area contributed by atoms with Crippen LogP contribution in [0.5, 0.6) is 11.8 Å². The van der Waals surface area contributed by atoms with Crippen LogP contribution in [0.25, 0.3) is 0 Å². The Morgan fingerprint density at radius 1 is 1.25 bits per heavy atom. The van der Waals surface area contributed by atoms with Gasteiger partial charge in [0.15, 0.2) is 0 Å². The van der Waals surface area contributed by atoms with E-state index >= 15 is 0 Å². The summed E-state index contributed by atoms with van der Waals surface area (Å²) in [5.41, 5.74) is 0.625. The molecule has 3 fully saturated rings. The zero-order valence-corrected chi connectivity index (χ0v) is 13.6. The molecule has 3 aliphatic rings. The van der Waals surface area contributed by atoms with Gasteiger partial charge in [-0.15, -0.1) is 5.10 Å². The van der Waals surface area contributed by atoms with Gasteiger partial charge in [0, 0.05) is 25.1 Å². The van der Waals surface area contributed by atoms with Crippen LogP contribution in [0, 0.1) is 12.8 Å². The Morgan fingerprint density at radius 3 is 2.58 bits per heavy atom. The van der Waals surface area contributed by atoms with Gasteiger partial charge in [-0.3, -0.25) is 4.79 Å². The van der Waals surface area contributed by atoms with E-state index in [1.54, 1.807) is 31.2 Å². The molecule has 1 unspecified atom stereocenters. The molecule has 5 rings (SSSR count). The molecule has 0 saturated carbocycles. The fourth-order valence-electron chi connectivity index (χ4n) is 3.48. The van der Waals surface area contributed by atoms with Gasteiger partial charge < -0.3 is 19.4 Å². The third kappa shape index (κ3) is 3.12. The first-order valence-corrected chi connectivity index (χ1v) is 8.28. The van der Waals surface area contributed by atoms with E-state index in [2.05, 4.69) is 20.4 Å². The molecule has 1 atom stereocenters. The van der Waals surface area contributed by atoms with Crippen molar-refractivity contribution in [3.63, 3.8) is 0 Å². The van der Waals surface area contributed by atoms with E-state index in [9.17, 15) is 4.79 Å². The maximum absolute atomic E-state index is 12.5. The van der Waals surface area contributed by atoms with Crippen molar-refractivity contribution in [2.45, 2.75) is 25.8 Å². The van der Waals surface area contributed by atoms with Crippen molar-refractivity contribution in [1.82, 2.24) is 20.4 Å². The summed E-state index contributed by atoms with van der Waals surface area (Å²) in [6.07, 6.45) is 2.46. The minimum absolute atomic E-state index is 0.0334. The molecule has 0 aliphatic carbocycles. The lowest BCUT2D eigenvalue weighted by atomic mass is 9.84. The lowest BCUT2D eigenvalue weighted by molar-refractivity contribution is 0.0620. The van der Waals surface area contributed by atoms with Gasteiger partial charge in [0.1, 0.15) is 5.75 Å². The smallest absolute Gasteiger partial charge is 0.410 e. The molecular formula is C17H20N4O3. The second-order valence-corrected chi connectivity index (χ2v) is 6.43. The summed E-state index contributed by atoms with van der Waals surface area (Å²) >= 11 is 0. The Morgan fingerprint density at radius 2 is 2.00 bits per heavy atom. The summed E-state index contributed by atoms with van der Waals surface area (Å²) in [4.78, 5) is 14.9. The van der Waals surface area contributed by atoms with Crippen LogP contribution >= 0.6 is 0 Å². The second kappa shape index (κ2) is 6.24. The minimum atomic E-state index is -0.0334. The average molecular weight is 328 g/mol. The van der Waals surface area contributed by atoms with E-state index in [1.165, 1.54) is 12.8 Å². The van der Waals surface area contributed by atoms with Crippen molar-refractivity contribution in [1.29, 1.82) is 0 Å². The highest BCUT2D eigenvalue weighted by atomic mass is 16.6. The molecule has 4 heterocycles. The predicted molar refractivity (Wildman–Crippen MR) is 86.0 cm³/mol. The summed E-state index contributed by atoms with van der Waals surface area (Å²) in [5.74, 6) is 1.58. The van der Waals surface area contributed by atoms with Crippen molar-refractivity contribution >= 4 is 5.91 Å². The van der Waals surface area contributed by atoms with E-state index in [4.69, 9.17) is 9.15 Å². The third-order valence-electron chi connectivity index (χ3n) is 4.80. The van der Waals surface area contributed by atoms with Crippen molar-refractivity contribution < 1.29 is 13.9 Å². The van der Waals surface area contributed by atoms with Gasteiger partial charge in [-0.2, -0.15) is 0 Å². The first-order chi connectivity index (χ1) is 11.7. The number of fused-ring (bicyclic) bond motifs is 3. The highest BCUT2D eigenvalue weighted by molar-refractivity contribution is 5.94. The molecule has 1 aromatic carbocycles. The number of hydrogen-bond donors (Lipinski definition) is 1. The zero-order chi connectivity index (χ0) is 16.5. The number of ether oxygens (including phenoxy) is 1. The Bertz CT molecular complexity index is 720. The molecule has 3 aliphatic heterocycles. The number of amides is 1. The van der Waals surface area contributed by atoms with Gasteiger partial charge in [-0.25, -0.2) is 0 Å². The van der Waals surface area contributed by atoms with Gasteiger partial charge in [0.25, 0.3) is 5.91 Å². The number of aryl methyl sites for hydroxylation is 1. The summed E-state index contributed by atoms with van der Waals surface area (Å²) in [7, 11) is 0. The molecular weight excluding hydrogens is 308 g/mol. The number of aromatic nitrogens is 2. The van der Waals surface area contributed by atoms with Gasteiger partial charge in [0.05, 0.1) is 0 Å². The molecule has 0 radical (unpaired) electrons. The highest BCUT2D eigenvalue weighted by Gasteiger charge is 2.34. The lowest BCUT2D eigenvalue weighted by Crippen LogP contribution is -2.57. The first-order valence-electron chi connectivity index (χ1n) is 8.28. The fraction of sp³-hybridized carbons (Fsp3) is 0.471. The van der Waals surface area contributed by atoms with E-state index in [1.807, 2.05) is 0 Å². The van der Waals surface area contributed by atoms with E-state index < -0.39 is 0 Å². The number of nitrogens with one attached hydrogen (secondary N) is 1. The van der Waals surface area contributed by atoms with Gasteiger partial charge in [0.2, 0.25) is 5.89 Å². The Hall–Kier alpha value is -2.41. The largest absolute Gasteiger partial charge is 0.420 e. The quantitative estimate of drug-likeness (QED) is 0.924. The zero-order valence-electron chi connectivity index (χ0n) is 13.6. The molecule has 24 heavy (non-hydrogen) atoms. The molecule has 2 bridgehead atoms. The number of carbonyl (C=O) groups excluding carboxylic acids is 1. The number of piperidine rings is 3. The van der Waals surface area contributed by atoms with Gasteiger partial charge >= 0.3 is 6.08 Å². The van der Waals surface area contributed by atoms with Crippen molar-refractivity contribution in [3.8, 4) is 11.8 Å². The highest BCUT2D eigenvalue weighted by Crippen LogP contribution is 2.28. The molecule has 1 N–H and O–H groups in total. The molecule has 0 spiro atoms. The van der Waals surface area contributed by atoms with Crippen LogP contribution in [-0.2, 0) is 0 Å². The van der Waals surface area contributed by atoms with Crippen molar-refractivity contribution in [3.05, 3.63) is 35.7 Å². The van der Waals surface area contributed by atoms with Gasteiger partial charge in [-0.1, -0.05) is 5.10 Å². The van der Waals surface area contributed by atoms with E-state index in [0.29, 0.717) is 23.1 Å². The number of carbonyl (C=O) groups is 1. The second-order valence-electron chi connectivity index (χ2n) is 6.43. The monoisotopic (exact) mass is 328 g/mol. The molecule has 7 nitrogen and oxygen atoms in total. The molecule has 2 aromatic rings. The van der Waals surface area contributed by atoms with Crippen LogP contribution in [-0.4, -0.2) is 46.7 Å². The van der Waals surface area contributed by atoms with Crippen molar-refractivity contribution in [2.24, 2.45) is 5.92 Å². The SMILES string of the molecule is Cc1nnc(Oc2ccc(C(=O)NC3CN4CCC3CC4)cc2)o1. The van der Waals surface area contributed by atoms with Crippen LogP contribution in [0.15, 0.2) is 28.7 Å². The van der Waals surface area contributed by atoms with Crippen LogP contribution in [0.4, 0.5) is 0 Å². The molecule has 1 aromatic heterocycles. The van der Waals surface area contributed by atoms with Crippen LogP contribution in [0.3, 0.4) is 0 Å². The topological polar surface area (TPSA) is 80.5 Å². The Kier molecular flexibility index (Phi) is 3.93. The summed E-state index contributed by atoms with van der Waals surface area (Å²) in [6.45, 7) is 4.99. The van der Waals surface area contributed by atoms with Gasteiger partial charge in [-0.05, 0) is 56.1 Å².